The number of ether oxygens (including phenoxy) is 2. The number of pyridine rings is 1. The molecule has 4 heterocycles. The smallest absolute Gasteiger partial charge is 0.337 e. The van der Waals surface area contributed by atoms with Crippen LogP contribution in [0.5, 0.6) is 5.75 Å². The Bertz CT molecular complexity index is 1970. The number of morpholine rings is 1. The Labute approximate surface area is 284 Å². The molecule has 0 saturated carbocycles. The third-order valence-electron chi connectivity index (χ3n) is 8.95. The van der Waals surface area contributed by atoms with E-state index in [1.54, 1.807) is 42.6 Å². The first-order valence-electron chi connectivity index (χ1n) is 15.2. The lowest BCUT2D eigenvalue weighted by atomic mass is 9.96. The highest BCUT2D eigenvalue weighted by atomic mass is 35.5. The molecule has 48 heavy (non-hydrogen) atoms. The quantitative estimate of drug-likeness (QED) is 0.202. The van der Waals surface area contributed by atoms with E-state index in [4.69, 9.17) is 38.4 Å². The summed E-state index contributed by atoms with van der Waals surface area (Å²) in [6, 6.07) is 11.1. The Hall–Kier alpha value is -4.78. The first-order valence-corrected chi connectivity index (χ1v) is 15.9. The van der Waals surface area contributed by atoms with Gasteiger partial charge in [0, 0.05) is 35.5 Å². The Kier molecular flexibility index (Phi) is 8.40. The number of carboxylic acids is 1. The molecule has 3 aromatic carbocycles. The molecule has 1 aromatic heterocycles. The standard InChI is InChI=1S/C34H29Cl2FN6O5/c1-39-41-31-24(11-40-12-28(31)38)18-7-25(35)30(26(36)8-18)33(44)42-13-17-3-2-4-21(32(17)48-16-42)22-10-29(23(34(45)46)9-27(22)37)43-19-5-6-20(43)15-47-14-19/h2-4,7-12,19-20H,5-6,13-16,38H2,1H3,(H,45,46). The van der Waals surface area contributed by atoms with Gasteiger partial charge in [0.1, 0.15) is 17.3 Å². The maximum absolute atomic E-state index is 15.7. The summed E-state index contributed by atoms with van der Waals surface area (Å²) in [7, 11) is 1.52. The molecule has 11 nitrogen and oxygen atoms in total. The second-order valence-electron chi connectivity index (χ2n) is 11.8. The van der Waals surface area contributed by atoms with Crippen LogP contribution in [-0.4, -0.2) is 65.9 Å². The summed E-state index contributed by atoms with van der Waals surface area (Å²) in [5.41, 5.74) is 9.58. The number of amides is 1. The number of azo groups is 1. The van der Waals surface area contributed by atoms with Gasteiger partial charge in [-0.3, -0.25) is 9.78 Å². The van der Waals surface area contributed by atoms with Crippen molar-refractivity contribution in [1.29, 1.82) is 0 Å². The fourth-order valence-corrected chi connectivity index (χ4v) is 7.42. The van der Waals surface area contributed by atoms with E-state index < -0.39 is 17.7 Å². The highest BCUT2D eigenvalue weighted by molar-refractivity contribution is 6.40. The number of nitrogen functional groups attached to an aromatic ring is 1. The predicted octanol–water partition coefficient (Wildman–Crippen LogP) is 7.22. The van der Waals surface area contributed by atoms with Crippen LogP contribution in [0.3, 0.4) is 0 Å². The highest BCUT2D eigenvalue weighted by Gasteiger charge is 2.40. The summed E-state index contributed by atoms with van der Waals surface area (Å²) in [6.07, 6.45) is 4.75. The Balaban J connectivity index is 1.20. The number of halogens is 3. The lowest BCUT2D eigenvalue weighted by molar-refractivity contribution is 0.0516. The molecule has 0 aliphatic carbocycles. The molecule has 7 rings (SSSR count). The number of rotatable bonds is 6. The number of carbonyl (C=O) groups is 2. The van der Waals surface area contributed by atoms with E-state index in [0.29, 0.717) is 58.3 Å². The number of para-hydroxylation sites is 1. The third-order valence-corrected chi connectivity index (χ3v) is 9.54. The lowest BCUT2D eigenvalue weighted by Crippen LogP contribution is -2.46. The molecular weight excluding hydrogens is 662 g/mol. The topological polar surface area (TPSA) is 143 Å². The fourth-order valence-electron chi connectivity index (χ4n) is 6.77. The molecule has 3 aliphatic heterocycles. The van der Waals surface area contributed by atoms with Crippen LogP contribution in [0.1, 0.15) is 39.1 Å². The number of carboxylic acid groups (broad SMARTS) is 1. The molecule has 2 unspecified atom stereocenters. The molecule has 246 valence electrons. The van der Waals surface area contributed by atoms with Gasteiger partial charge in [0.05, 0.1) is 70.6 Å². The van der Waals surface area contributed by atoms with Crippen molar-refractivity contribution in [3.05, 3.63) is 87.4 Å². The number of nitrogens with two attached hydrogens (primary N) is 1. The molecule has 14 heteroatoms. The average Bonchev–Trinajstić information content (AvgIpc) is 3.31. The van der Waals surface area contributed by atoms with E-state index in [9.17, 15) is 14.7 Å². The Morgan fingerprint density at radius 1 is 1.04 bits per heavy atom. The summed E-state index contributed by atoms with van der Waals surface area (Å²) in [6.45, 7) is 0.937. The number of hydrogen-bond acceptors (Lipinski definition) is 9. The molecule has 2 bridgehead atoms. The minimum atomic E-state index is -1.20. The molecule has 2 atom stereocenters. The van der Waals surface area contributed by atoms with E-state index in [0.717, 1.165) is 18.9 Å². The van der Waals surface area contributed by atoms with Gasteiger partial charge in [0.2, 0.25) is 0 Å². The number of aromatic carboxylic acids is 1. The molecule has 3 aliphatic rings. The van der Waals surface area contributed by atoms with E-state index in [2.05, 4.69) is 20.1 Å². The van der Waals surface area contributed by atoms with Crippen LogP contribution in [0.4, 0.5) is 21.5 Å². The maximum Gasteiger partial charge on any atom is 0.337 e. The third kappa shape index (κ3) is 5.49. The average molecular weight is 692 g/mol. The monoisotopic (exact) mass is 690 g/mol. The number of anilines is 2. The van der Waals surface area contributed by atoms with Crippen molar-refractivity contribution in [3.8, 4) is 28.0 Å². The Morgan fingerprint density at radius 2 is 1.77 bits per heavy atom. The first kappa shape index (κ1) is 31.8. The van der Waals surface area contributed by atoms with Crippen molar-refractivity contribution >= 4 is 52.1 Å². The number of aromatic nitrogens is 1. The highest BCUT2D eigenvalue weighted by Crippen LogP contribution is 2.44. The van der Waals surface area contributed by atoms with Gasteiger partial charge in [-0.2, -0.15) is 10.2 Å². The zero-order chi connectivity index (χ0) is 33.7. The van der Waals surface area contributed by atoms with Gasteiger partial charge < -0.3 is 30.1 Å². The van der Waals surface area contributed by atoms with Gasteiger partial charge in [-0.15, -0.1) is 0 Å². The van der Waals surface area contributed by atoms with E-state index in [-0.39, 0.29) is 52.1 Å². The molecule has 2 saturated heterocycles. The van der Waals surface area contributed by atoms with Gasteiger partial charge in [-0.1, -0.05) is 41.4 Å². The van der Waals surface area contributed by atoms with Crippen LogP contribution in [0.2, 0.25) is 10.0 Å². The van der Waals surface area contributed by atoms with Crippen molar-refractivity contribution in [3.63, 3.8) is 0 Å². The molecule has 2 fully saturated rings. The lowest BCUT2D eigenvalue weighted by Gasteiger charge is -2.37. The first-order chi connectivity index (χ1) is 23.2. The van der Waals surface area contributed by atoms with Crippen LogP contribution in [0.25, 0.3) is 22.3 Å². The minimum Gasteiger partial charge on any atom is -0.478 e. The largest absolute Gasteiger partial charge is 0.478 e. The fraction of sp³-hybridized carbons (Fsp3) is 0.265. The molecule has 3 N–H and O–H groups in total. The zero-order valence-corrected chi connectivity index (χ0v) is 27.1. The van der Waals surface area contributed by atoms with Crippen molar-refractivity contribution in [2.75, 3.05) is 37.6 Å². The van der Waals surface area contributed by atoms with Crippen LogP contribution < -0.4 is 15.4 Å². The molecular formula is C34H29Cl2FN6O5. The second kappa shape index (κ2) is 12.7. The van der Waals surface area contributed by atoms with Crippen LogP contribution in [0, 0.1) is 5.82 Å². The number of hydrogen-bond donors (Lipinski definition) is 2. The predicted molar refractivity (Wildman–Crippen MR) is 179 cm³/mol. The number of carbonyl (C=O) groups excluding carboxylic acids is 1. The minimum absolute atomic E-state index is 0.0137. The second-order valence-corrected chi connectivity index (χ2v) is 12.6. The van der Waals surface area contributed by atoms with Gasteiger partial charge in [0.25, 0.3) is 5.91 Å². The summed E-state index contributed by atoms with van der Waals surface area (Å²) < 4.78 is 27.5. The number of nitrogens with zero attached hydrogens (tertiary/aromatic N) is 5. The van der Waals surface area contributed by atoms with Gasteiger partial charge in [0.15, 0.2) is 6.73 Å². The molecule has 0 spiro atoms. The summed E-state index contributed by atoms with van der Waals surface area (Å²) in [4.78, 5) is 33.7. The summed E-state index contributed by atoms with van der Waals surface area (Å²) >= 11 is 13.3. The van der Waals surface area contributed by atoms with E-state index >= 15 is 4.39 Å². The van der Waals surface area contributed by atoms with Crippen molar-refractivity contribution in [2.24, 2.45) is 10.2 Å². The van der Waals surface area contributed by atoms with Crippen molar-refractivity contribution in [2.45, 2.75) is 31.5 Å². The SMILES string of the molecule is CN=Nc1c(N)cncc1-c1cc(Cl)c(C(=O)N2COc3c(cccc3-c3cc(N4C5CCC4COC5)c(C(=O)O)cc3F)C2)c(Cl)c1. The van der Waals surface area contributed by atoms with E-state index in [1.807, 2.05) is 0 Å². The van der Waals surface area contributed by atoms with E-state index in [1.165, 1.54) is 18.1 Å². The van der Waals surface area contributed by atoms with Gasteiger partial charge >= 0.3 is 5.97 Å². The zero-order valence-electron chi connectivity index (χ0n) is 25.6. The van der Waals surface area contributed by atoms with Crippen LogP contribution in [0.15, 0.2) is 65.1 Å². The van der Waals surface area contributed by atoms with Crippen LogP contribution >= 0.6 is 23.2 Å². The normalized spacial score (nSPS) is 18.6. The number of benzene rings is 3. The maximum atomic E-state index is 15.7. The molecule has 1 amide bonds. The van der Waals surface area contributed by atoms with Crippen LogP contribution in [-0.2, 0) is 11.3 Å². The molecule has 0 radical (unpaired) electrons. The molecule has 4 aromatic rings. The Morgan fingerprint density at radius 3 is 2.46 bits per heavy atom. The number of fused-ring (bicyclic) bond motifs is 3. The summed E-state index contributed by atoms with van der Waals surface area (Å²) in [5.74, 6) is -1.96. The van der Waals surface area contributed by atoms with Gasteiger partial charge in [-0.25, -0.2) is 9.18 Å². The summed E-state index contributed by atoms with van der Waals surface area (Å²) in [5, 5.41) is 18.1. The van der Waals surface area contributed by atoms with Crippen molar-refractivity contribution in [1.82, 2.24) is 9.88 Å². The van der Waals surface area contributed by atoms with Crippen molar-refractivity contribution < 1.29 is 28.6 Å². The van der Waals surface area contributed by atoms with Gasteiger partial charge in [-0.05, 0) is 42.7 Å².